The minimum Gasteiger partial charge on any atom is -0.493 e. The normalized spacial score (nSPS) is 10.8. The van der Waals surface area contributed by atoms with Gasteiger partial charge in [0.1, 0.15) is 5.82 Å². The van der Waals surface area contributed by atoms with Crippen molar-refractivity contribution < 1.29 is 32.9 Å². The monoisotopic (exact) mass is 502 g/mol. The highest BCUT2D eigenvalue weighted by Crippen LogP contribution is 2.29. The number of ketones is 2. The van der Waals surface area contributed by atoms with E-state index in [4.69, 9.17) is 18.9 Å². The topological polar surface area (TPSA) is 71.1 Å². The lowest BCUT2D eigenvalue weighted by atomic mass is 10.0. The summed E-state index contributed by atoms with van der Waals surface area (Å²) in [6, 6.07) is 16.0. The van der Waals surface area contributed by atoms with E-state index >= 15 is 0 Å². The Hall–Kier alpha value is -4.65. The minimum atomic E-state index is -0.541. The third-order valence-electron chi connectivity index (χ3n) is 5.36. The molecular weight excluding hydrogens is 475 g/mol. The van der Waals surface area contributed by atoms with Gasteiger partial charge in [-0.1, -0.05) is 36.4 Å². The van der Waals surface area contributed by atoms with Crippen molar-refractivity contribution in [2.75, 3.05) is 28.4 Å². The minimum absolute atomic E-state index is 0.126. The number of carbonyl (C=O) groups excluding carboxylic acids is 2. The summed E-state index contributed by atoms with van der Waals surface area (Å²) in [6.45, 7) is 0. The molecule has 3 aromatic rings. The lowest BCUT2D eigenvalue weighted by Gasteiger charge is -2.08. The van der Waals surface area contributed by atoms with Crippen LogP contribution < -0.4 is 18.9 Å². The predicted octanol–water partition coefficient (Wildman–Crippen LogP) is 5.81. The largest absolute Gasteiger partial charge is 0.493 e. The molecule has 0 bridgehead atoms. The molecule has 0 aromatic heterocycles. The summed E-state index contributed by atoms with van der Waals surface area (Å²) >= 11 is 0. The Morgan fingerprint density at radius 3 is 1.54 bits per heavy atom. The molecule has 3 aromatic carbocycles. The van der Waals surface area contributed by atoms with Crippen LogP contribution in [0, 0.1) is 5.82 Å². The van der Waals surface area contributed by atoms with Crippen LogP contribution in [0.25, 0.3) is 18.2 Å². The molecule has 0 fully saturated rings. The van der Waals surface area contributed by atoms with E-state index in [1.807, 2.05) is 0 Å². The summed E-state index contributed by atoms with van der Waals surface area (Å²) in [6.07, 6.45) is 7.07. The fraction of sp³-hybridized carbons (Fsp3) is 0.133. The zero-order valence-corrected chi connectivity index (χ0v) is 21.0. The molecule has 0 aliphatic carbocycles. The first-order valence-corrected chi connectivity index (χ1v) is 11.2. The number of hydrogen-bond donors (Lipinski definition) is 0. The summed E-state index contributed by atoms with van der Waals surface area (Å²) in [5.41, 5.74) is 1.60. The molecule has 0 saturated carbocycles. The van der Waals surface area contributed by atoms with Crippen molar-refractivity contribution in [2.24, 2.45) is 0 Å². The van der Waals surface area contributed by atoms with Gasteiger partial charge in [-0.3, -0.25) is 9.59 Å². The van der Waals surface area contributed by atoms with Gasteiger partial charge >= 0.3 is 0 Å². The smallest absolute Gasteiger partial charge is 0.189 e. The third-order valence-corrected chi connectivity index (χ3v) is 5.36. The van der Waals surface area contributed by atoms with Crippen LogP contribution in [-0.2, 0) is 9.59 Å². The van der Waals surface area contributed by atoms with Gasteiger partial charge in [0.05, 0.1) is 34.0 Å². The van der Waals surface area contributed by atoms with Gasteiger partial charge in [-0.2, -0.15) is 0 Å². The Labute approximate surface area is 215 Å². The second-order valence-corrected chi connectivity index (χ2v) is 7.74. The Kier molecular flexibility index (Phi) is 9.38. The molecule has 0 aliphatic heterocycles. The first-order valence-electron chi connectivity index (χ1n) is 11.2. The van der Waals surface area contributed by atoms with Gasteiger partial charge in [0.25, 0.3) is 0 Å². The molecule has 0 N–H and O–H groups in total. The van der Waals surface area contributed by atoms with Crippen molar-refractivity contribution in [3.05, 3.63) is 101 Å². The number of methoxy groups -OCH3 is 4. The van der Waals surface area contributed by atoms with Gasteiger partial charge in [0, 0.05) is 0 Å². The zero-order valence-electron chi connectivity index (χ0n) is 21.0. The molecule has 0 heterocycles. The molecule has 0 unspecified atom stereocenters. The third kappa shape index (κ3) is 7.18. The molecule has 3 rings (SSSR count). The predicted molar refractivity (Wildman–Crippen MR) is 142 cm³/mol. The lowest BCUT2D eigenvalue weighted by molar-refractivity contribution is -0.116. The SMILES string of the molecule is COc1ccc(/C=C/C(=O)C(=Cc2cccc(F)c2)C(=O)/C=C/c2ccc(OC)c(OC)c2)cc1OC. The van der Waals surface area contributed by atoms with Crippen molar-refractivity contribution in [3.63, 3.8) is 0 Å². The average Bonchev–Trinajstić information content (AvgIpc) is 2.92. The van der Waals surface area contributed by atoms with Gasteiger partial charge in [0.15, 0.2) is 34.6 Å². The van der Waals surface area contributed by atoms with Gasteiger partial charge in [-0.05, 0) is 71.3 Å². The van der Waals surface area contributed by atoms with E-state index in [2.05, 4.69) is 0 Å². The second kappa shape index (κ2) is 12.9. The number of halogens is 1. The van der Waals surface area contributed by atoms with Crippen molar-refractivity contribution in [2.45, 2.75) is 0 Å². The number of ether oxygens (including phenoxy) is 4. The van der Waals surface area contributed by atoms with E-state index < -0.39 is 17.4 Å². The van der Waals surface area contributed by atoms with Gasteiger partial charge in [0.2, 0.25) is 0 Å². The quantitative estimate of drug-likeness (QED) is 0.187. The molecule has 0 radical (unpaired) electrons. The second-order valence-electron chi connectivity index (χ2n) is 7.74. The highest BCUT2D eigenvalue weighted by molar-refractivity contribution is 6.31. The fourth-order valence-corrected chi connectivity index (χ4v) is 3.46. The highest BCUT2D eigenvalue weighted by Gasteiger charge is 2.15. The van der Waals surface area contributed by atoms with Crippen molar-refractivity contribution in [1.82, 2.24) is 0 Å². The molecule has 37 heavy (non-hydrogen) atoms. The molecule has 0 amide bonds. The maximum absolute atomic E-state index is 13.8. The van der Waals surface area contributed by atoms with E-state index in [0.29, 0.717) is 39.7 Å². The van der Waals surface area contributed by atoms with E-state index in [0.717, 1.165) is 0 Å². The molecule has 0 atom stereocenters. The van der Waals surface area contributed by atoms with Gasteiger partial charge in [-0.15, -0.1) is 0 Å². The van der Waals surface area contributed by atoms with Crippen LogP contribution >= 0.6 is 0 Å². The maximum Gasteiger partial charge on any atom is 0.189 e. The Balaban J connectivity index is 1.93. The zero-order chi connectivity index (χ0) is 26.8. The standard InChI is InChI=1S/C30H27FO6/c1-34-27-14-10-20(18-29(27)36-3)8-12-25(32)24(17-22-6-5-7-23(31)16-22)26(33)13-9-21-11-15-28(35-2)30(19-21)37-4/h5-19H,1-4H3/b12-8+,13-9+. The van der Waals surface area contributed by atoms with Crippen molar-refractivity contribution in [3.8, 4) is 23.0 Å². The summed E-state index contributed by atoms with van der Waals surface area (Å²) in [5, 5.41) is 0. The number of hydrogen-bond acceptors (Lipinski definition) is 6. The first kappa shape index (κ1) is 26.9. The number of allylic oxidation sites excluding steroid dienone is 3. The highest BCUT2D eigenvalue weighted by atomic mass is 19.1. The molecule has 0 spiro atoms. The Morgan fingerprint density at radius 2 is 1.11 bits per heavy atom. The van der Waals surface area contributed by atoms with Crippen molar-refractivity contribution >= 4 is 29.8 Å². The lowest BCUT2D eigenvalue weighted by Crippen LogP contribution is -2.08. The molecule has 0 saturated heterocycles. The van der Waals surface area contributed by atoms with Crippen molar-refractivity contribution in [1.29, 1.82) is 0 Å². The number of carbonyl (C=O) groups is 2. The fourth-order valence-electron chi connectivity index (χ4n) is 3.46. The molecule has 190 valence electrons. The summed E-state index contributed by atoms with van der Waals surface area (Å²) in [5.74, 6) is 0.543. The number of benzene rings is 3. The van der Waals surface area contributed by atoms with Crippen LogP contribution in [-0.4, -0.2) is 40.0 Å². The summed E-state index contributed by atoms with van der Waals surface area (Å²) in [4.78, 5) is 26.2. The maximum atomic E-state index is 13.8. The molecule has 7 heteroatoms. The molecule has 0 aliphatic rings. The summed E-state index contributed by atoms with van der Waals surface area (Å²) < 4.78 is 34.8. The molecular formula is C30H27FO6. The van der Waals surface area contributed by atoms with E-state index in [9.17, 15) is 14.0 Å². The van der Waals surface area contributed by atoms with Crippen LogP contribution in [0.5, 0.6) is 23.0 Å². The number of rotatable bonds is 11. The average molecular weight is 503 g/mol. The van der Waals surface area contributed by atoms with Crippen LogP contribution in [0.2, 0.25) is 0 Å². The van der Waals surface area contributed by atoms with Crippen LogP contribution in [0.1, 0.15) is 16.7 Å². The summed E-state index contributed by atoms with van der Waals surface area (Å²) in [7, 11) is 6.09. The Morgan fingerprint density at radius 1 is 0.622 bits per heavy atom. The van der Waals surface area contributed by atoms with E-state index in [-0.39, 0.29) is 5.57 Å². The van der Waals surface area contributed by atoms with Crippen LogP contribution in [0.4, 0.5) is 4.39 Å². The Bertz CT molecular complexity index is 1290. The molecule has 6 nitrogen and oxygen atoms in total. The van der Waals surface area contributed by atoms with Crippen LogP contribution in [0.15, 0.2) is 78.4 Å². The van der Waals surface area contributed by atoms with E-state index in [1.165, 1.54) is 64.9 Å². The van der Waals surface area contributed by atoms with Gasteiger partial charge < -0.3 is 18.9 Å². The first-order chi connectivity index (χ1) is 17.9. The van der Waals surface area contributed by atoms with Gasteiger partial charge in [-0.25, -0.2) is 4.39 Å². The van der Waals surface area contributed by atoms with E-state index in [1.54, 1.807) is 54.6 Å². The van der Waals surface area contributed by atoms with Crippen LogP contribution in [0.3, 0.4) is 0 Å².